The zero-order valence-electron chi connectivity index (χ0n) is 24.8. The Morgan fingerprint density at radius 2 is 1.64 bits per heavy atom. The summed E-state index contributed by atoms with van der Waals surface area (Å²) in [6.07, 6.45) is -1.54. The third kappa shape index (κ3) is 4.11. The zero-order chi connectivity index (χ0) is 29.5. The topological polar surface area (TPSA) is 141 Å². The summed E-state index contributed by atoms with van der Waals surface area (Å²) in [5.41, 5.74) is -1.26. The highest BCUT2D eigenvalue weighted by molar-refractivity contribution is 6.00. The third-order valence-corrected chi connectivity index (χ3v) is 12.2. The van der Waals surface area contributed by atoms with E-state index in [1.54, 1.807) is 0 Å². The number of hydrogen-bond donors (Lipinski definition) is 4. The van der Waals surface area contributed by atoms with Gasteiger partial charge in [-0.15, -0.1) is 0 Å². The average Bonchev–Trinajstić information content (AvgIpc) is 3.07. The second kappa shape index (κ2) is 9.74. The van der Waals surface area contributed by atoms with Gasteiger partial charge < -0.3 is 25.2 Å². The predicted molar refractivity (Wildman–Crippen MR) is 144 cm³/mol. The number of aliphatic hydroxyl groups is 4. The van der Waals surface area contributed by atoms with Crippen LogP contribution in [0.2, 0.25) is 0 Å². The van der Waals surface area contributed by atoms with Crippen molar-refractivity contribution in [3.05, 3.63) is 11.1 Å². The van der Waals surface area contributed by atoms with Gasteiger partial charge in [0.25, 0.3) is 0 Å². The molecule has 4 rings (SSSR count). The summed E-state index contributed by atoms with van der Waals surface area (Å²) in [4.78, 5) is 39.0. The highest BCUT2D eigenvalue weighted by atomic mass is 16.5. The lowest BCUT2D eigenvalue weighted by Crippen LogP contribution is -2.61. The first-order valence-electron chi connectivity index (χ1n) is 14.5. The molecule has 0 aromatic heterocycles. The maximum absolute atomic E-state index is 14.1. The Morgan fingerprint density at radius 1 is 1.03 bits per heavy atom. The van der Waals surface area contributed by atoms with Crippen molar-refractivity contribution in [3.8, 4) is 0 Å². The minimum Gasteiger partial charge on any atom is -0.469 e. The van der Waals surface area contributed by atoms with Crippen molar-refractivity contribution in [1.82, 2.24) is 0 Å². The summed E-state index contributed by atoms with van der Waals surface area (Å²) in [6, 6.07) is 0. The van der Waals surface area contributed by atoms with Crippen LogP contribution in [-0.2, 0) is 19.1 Å². The third-order valence-electron chi connectivity index (χ3n) is 12.2. The van der Waals surface area contributed by atoms with Crippen LogP contribution >= 0.6 is 0 Å². The van der Waals surface area contributed by atoms with E-state index in [4.69, 9.17) is 0 Å². The minimum absolute atomic E-state index is 0.0000730. The SMILES string of the molecule is COC(=O)C(C)[C@H](O)C(=O)C[C@@H](C)[C@H]1C[C@H](O)[C@@]2(C)C3=C(C(=O)C[C@]12C)[C@@]1(C)CC[C@H](O)C(C)(C)[C@@H]1C[C@@H]3O. The summed E-state index contributed by atoms with van der Waals surface area (Å²) in [7, 11) is 1.21. The molecule has 2 saturated carbocycles. The number of allylic oxidation sites excluding steroid dienone is 1. The van der Waals surface area contributed by atoms with Crippen LogP contribution in [0.4, 0.5) is 0 Å². The fraction of sp³-hybridized carbons (Fsp3) is 0.839. The van der Waals surface area contributed by atoms with Gasteiger partial charge in [-0.3, -0.25) is 14.4 Å². The fourth-order valence-electron chi connectivity index (χ4n) is 9.55. The van der Waals surface area contributed by atoms with Gasteiger partial charge in [0, 0.05) is 23.8 Å². The molecule has 2 fully saturated rings. The number of esters is 1. The lowest BCUT2D eigenvalue weighted by Gasteiger charge is -2.62. The monoisotopic (exact) mass is 548 g/mol. The summed E-state index contributed by atoms with van der Waals surface area (Å²) in [5, 5.41) is 44.7. The number of methoxy groups -OCH3 is 1. The molecule has 4 N–H and O–H groups in total. The Morgan fingerprint density at radius 3 is 2.23 bits per heavy atom. The molecule has 39 heavy (non-hydrogen) atoms. The van der Waals surface area contributed by atoms with E-state index in [0.29, 0.717) is 36.8 Å². The number of hydrogen-bond acceptors (Lipinski definition) is 8. The van der Waals surface area contributed by atoms with Crippen LogP contribution in [0.15, 0.2) is 11.1 Å². The van der Waals surface area contributed by atoms with Crippen molar-refractivity contribution in [2.75, 3.05) is 7.11 Å². The number of fused-ring (bicyclic) bond motifs is 4. The maximum Gasteiger partial charge on any atom is 0.311 e. The highest BCUT2D eigenvalue weighted by Crippen LogP contribution is 2.71. The van der Waals surface area contributed by atoms with E-state index in [0.717, 1.165) is 0 Å². The molecule has 0 spiro atoms. The van der Waals surface area contributed by atoms with Crippen LogP contribution in [0.1, 0.15) is 87.0 Å². The van der Waals surface area contributed by atoms with Crippen molar-refractivity contribution in [1.29, 1.82) is 0 Å². The van der Waals surface area contributed by atoms with Crippen molar-refractivity contribution in [2.24, 2.45) is 45.3 Å². The molecule has 0 aliphatic heterocycles. The van der Waals surface area contributed by atoms with Gasteiger partial charge in [0.1, 0.15) is 6.10 Å². The molecule has 11 atom stereocenters. The van der Waals surface area contributed by atoms with Gasteiger partial charge in [0.15, 0.2) is 11.6 Å². The standard InChI is InChI=1S/C31H48O8/c1-15(11-19(33)26(37)16(2)27(38)39-8)17-12-23(36)31(7)25-18(32)13-21-28(3,4)22(35)9-10-29(21,5)24(25)20(34)14-30(17,31)6/h15-18,21-23,26,32,35-37H,9-14H2,1-8H3/t15-,16?,17-,18+,21+,22+,23+,26+,29+,30-,31+/m1/s1. The van der Waals surface area contributed by atoms with Crippen LogP contribution in [0.3, 0.4) is 0 Å². The molecule has 220 valence electrons. The number of rotatable bonds is 6. The van der Waals surface area contributed by atoms with Crippen molar-refractivity contribution in [2.45, 2.75) is 111 Å². The highest BCUT2D eigenvalue weighted by Gasteiger charge is 2.70. The van der Waals surface area contributed by atoms with Crippen molar-refractivity contribution in [3.63, 3.8) is 0 Å². The fourth-order valence-corrected chi connectivity index (χ4v) is 9.55. The summed E-state index contributed by atoms with van der Waals surface area (Å²) in [5.74, 6) is -2.70. The van der Waals surface area contributed by atoms with E-state index in [1.807, 2.05) is 34.6 Å². The molecule has 0 heterocycles. The smallest absolute Gasteiger partial charge is 0.311 e. The number of carbonyl (C=O) groups excluding carboxylic acids is 3. The molecule has 0 bridgehead atoms. The summed E-state index contributed by atoms with van der Waals surface area (Å²) < 4.78 is 4.67. The number of ketones is 2. The van der Waals surface area contributed by atoms with Gasteiger partial charge in [-0.25, -0.2) is 0 Å². The number of ether oxygens (including phenoxy) is 1. The van der Waals surface area contributed by atoms with Gasteiger partial charge >= 0.3 is 5.97 Å². The van der Waals surface area contributed by atoms with Crippen molar-refractivity contribution < 1.29 is 39.5 Å². The van der Waals surface area contributed by atoms with Gasteiger partial charge in [-0.2, -0.15) is 0 Å². The van der Waals surface area contributed by atoms with E-state index in [2.05, 4.69) is 11.7 Å². The van der Waals surface area contributed by atoms with E-state index in [-0.39, 0.29) is 36.4 Å². The molecule has 0 aromatic carbocycles. The number of aliphatic hydroxyl groups excluding tert-OH is 4. The molecule has 0 radical (unpaired) electrons. The van der Waals surface area contributed by atoms with Crippen LogP contribution in [0, 0.1) is 45.3 Å². The second-order valence-electron chi connectivity index (χ2n) is 14.4. The Bertz CT molecular complexity index is 1080. The Kier molecular flexibility index (Phi) is 7.58. The summed E-state index contributed by atoms with van der Waals surface area (Å²) >= 11 is 0. The molecule has 8 heteroatoms. The molecule has 0 saturated heterocycles. The van der Waals surface area contributed by atoms with E-state index >= 15 is 0 Å². The molecular formula is C31H48O8. The Balaban J connectivity index is 1.72. The van der Waals surface area contributed by atoms with Crippen molar-refractivity contribution >= 4 is 17.5 Å². The van der Waals surface area contributed by atoms with E-state index in [1.165, 1.54) is 14.0 Å². The minimum atomic E-state index is -1.49. The Hall–Kier alpha value is -1.61. The molecule has 8 nitrogen and oxygen atoms in total. The number of Topliss-reactive ketones (excluding diaryl/α,β-unsaturated/α-hetero) is 2. The van der Waals surface area contributed by atoms with Gasteiger partial charge in [-0.05, 0) is 72.2 Å². The van der Waals surface area contributed by atoms with Gasteiger partial charge in [0.05, 0.1) is 31.3 Å². The van der Waals surface area contributed by atoms with E-state index < -0.39 is 63.7 Å². The first-order valence-corrected chi connectivity index (χ1v) is 14.5. The van der Waals surface area contributed by atoms with Gasteiger partial charge in [-0.1, -0.05) is 41.5 Å². The van der Waals surface area contributed by atoms with Crippen LogP contribution in [0.25, 0.3) is 0 Å². The first-order chi connectivity index (χ1) is 17.9. The zero-order valence-corrected chi connectivity index (χ0v) is 24.8. The molecule has 4 aliphatic carbocycles. The molecule has 0 amide bonds. The molecule has 4 aliphatic rings. The van der Waals surface area contributed by atoms with Crippen LogP contribution < -0.4 is 0 Å². The lowest BCUT2D eigenvalue weighted by molar-refractivity contribution is -0.153. The van der Waals surface area contributed by atoms with E-state index in [9.17, 15) is 34.8 Å². The maximum atomic E-state index is 14.1. The molecule has 1 unspecified atom stereocenters. The lowest BCUT2D eigenvalue weighted by atomic mass is 9.42. The largest absolute Gasteiger partial charge is 0.469 e. The van der Waals surface area contributed by atoms with Crippen LogP contribution in [0.5, 0.6) is 0 Å². The van der Waals surface area contributed by atoms with Gasteiger partial charge in [0.2, 0.25) is 0 Å². The second-order valence-corrected chi connectivity index (χ2v) is 14.4. The Labute approximate surface area is 232 Å². The quantitative estimate of drug-likeness (QED) is 0.371. The number of carbonyl (C=O) groups is 3. The average molecular weight is 549 g/mol. The molecular weight excluding hydrogens is 500 g/mol. The first kappa shape index (κ1) is 30.4. The predicted octanol–water partition coefficient (Wildman–Crippen LogP) is 2.98. The molecule has 0 aromatic rings. The van der Waals surface area contributed by atoms with Crippen LogP contribution in [-0.4, -0.2) is 69.5 Å². The normalized spacial score (nSPS) is 43.6. The summed E-state index contributed by atoms with van der Waals surface area (Å²) in [6.45, 7) is 13.5.